The Bertz CT molecular complexity index is 945. The topological polar surface area (TPSA) is 115 Å². The molecule has 3 amide bonds. The maximum Gasteiger partial charge on any atom is 0.276 e. The number of carbonyl (C=O) groups excluding carboxylic acids is 3. The molecule has 0 heterocycles. The van der Waals surface area contributed by atoms with Crippen LogP contribution in [0.3, 0.4) is 0 Å². The zero-order valence-electron chi connectivity index (χ0n) is 18.7. The van der Waals surface area contributed by atoms with E-state index in [1.165, 1.54) is 25.3 Å². The van der Waals surface area contributed by atoms with Crippen LogP contribution in [-0.4, -0.2) is 44.1 Å². The van der Waals surface area contributed by atoms with Crippen molar-refractivity contribution in [3.8, 4) is 17.2 Å². The minimum Gasteiger partial charge on any atom is -0.493 e. The van der Waals surface area contributed by atoms with Gasteiger partial charge in [0.1, 0.15) is 5.75 Å². The van der Waals surface area contributed by atoms with E-state index in [2.05, 4.69) is 16.2 Å². The second-order valence-electron chi connectivity index (χ2n) is 7.13. The smallest absolute Gasteiger partial charge is 0.276 e. The van der Waals surface area contributed by atoms with Crippen molar-refractivity contribution in [1.29, 1.82) is 0 Å². The van der Waals surface area contributed by atoms with Gasteiger partial charge in [0.2, 0.25) is 0 Å². The SMILES string of the molecule is CCc1ccccc1OCC(=O)NNC(=O)c1ccc(OCC(=O)NC(C)C)c(OC)c1. The number of methoxy groups -OCH3 is 1. The molecule has 0 aliphatic rings. The van der Waals surface area contributed by atoms with E-state index in [1.54, 1.807) is 6.07 Å². The molecule has 0 spiro atoms. The Balaban J connectivity index is 1.88. The van der Waals surface area contributed by atoms with Gasteiger partial charge >= 0.3 is 0 Å². The van der Waals surface area contributed by atoms with Crippen molar-refractivity contribution in [3.63, 3.8) is 0 Å². The van der Waals surface area contributed by atoms with Gasteiger partial charge in [0.05, 0.1) is 7.11 Å². The van der Waals surface area contributed by atoms with Crippen molar-refractivity contribution in [1.82, 2.24) is 16.2 Å². The fourth-order valence-corrected chi connectivity index (χ4v) is 2.75. The van der Waals surface area contributed by atoms with Crippen LogP contribution in [-0.2, 0) is 16.0 Å². The molecule has 9 nitrogen and oxygen atoms in total. The Labute approximate surface area is 187 Å². The first kappa shape index (κ1) is 24.5. The van der Waals surface area contributed by atoms with Gasteiger partial charge in [0, 0.05) is 11.6 Å². The predicted molar refractivity (Wildman–Crippen MR) is 119 cm³/mol. The van der Waals surface area contributed by atoms with Crippen molar-refractivity contribution in [3.05, 3.63) is 53.6 Å². The molecule has 0 aliphatic carbocycles. The van der Waals surface area contributed by atoms with Gasteiger partial charge < -0.3 is 19.5 Å². The molecule has 0 radical (unpaired) electrons. The van der Waals surface area contributed by atoms with Crippen LogP contribution in [0.4, 0.5) is 0 Å². The van der Waals surface area contributed by atoms with Gasteiger partial charge in [-0.2, -0.15) is 0 Å². The highest BCUT2D eigenvalue weighted by atomic mass is 16.5. The summed E-state index contributed by atoms with van der Waals surface area (Å²) in [7, 11) is 1.42. The van der Waals surface area contributed by atoms with E-state index in [0.29, 0.717) is 11.5 Å². The van der Waals surface area contributed by atoms with Crippen molar-refractivity contribution in [2.45, 2.75) is 33.2 Å². The Morgan fingerprint density at radius 3 is 2.25 bits per heavy atom. The molecule has 2 rings (SSSR count). The monoisotopic (exact) mass is 443 g/mol. The van der Waals surface area contributed by atoms with Crippen molar-refractivity contribution < 1.29 is 28.6 Å². The quantitative estimate of drug-likeness (QED) is 0.484. The minimum atomic E-state index is -0.547. The van der Waals surface area contributed by atoms with Gasteiger partial charge in [-0.25, -0.2) is 0 Å². The molecule has 0 atom stereocenters. The van der Waals surface area contributed by atoms with Crippen LogP contribution in [0.1, 0.15) is 36.7 Å². The molecule has 0 aromatic heterocycles. The average Bonchev–Trinajstić information content (AvgIpc) is 2.79. The molecule has 2 aromatic carbocycles. The number of benzene rings is 2. The number of hydrogen-bond donors (Lipinski definition) is 3. The molecular formula is C23H29N3O6. The summed E-state index contributed by atoms with van der Waals surface area (Å²) >= 11 is 0. The molecule has 0 fully saturated rings. The van der Waals surface area contributed by atoms with E-state index in [1.807, 2.05) is 39.0 Å². The number of hydrogen-bond acceptors (Lipinski definition) is 6. The lowest BCUT2D eigenvalue weighted by atomic mass is 10.1. The molecule has 32 heavy (non-hydrogen) atoms. The number of ether oxygens (including phenoxy) is 3. The Morgan fingerprint density at radius 2 is 1.56 bits per heavy atom. The second kappa shape index (κ2) is 12.2. The van der Waals surface area contributed by atoms with Crippen LogP contribution in [0.25, 0.3) is 0 Å². The van der Waals surface area contributed by atoms with Gasteiger partial charge in [0.25, 0.3) is 17.7 Å². The number of hydrazine groups is 1. The summed E-state index contributed by atoms with van der Waals surface area (Å²) in [5.41, 5.74) is 5.86. The molecule has 0 unspecified atom stereocenters. The molecule has 2 aromatic rings. The summed E-state index contributed by atoms with van der Waals surface area (Å²) in [6, 6.07) is 11.9. The van der Waals surface area contributed by atoms with Crippen molar-refractivity contribution >= 4 is 17.7 Å². The summed E-state index contributed by atoms with van der Waals surface area (Å²) in [5, 5.41) is 2.72. The first-order valence-corrected chi connectivity index (χ1v) is 10.2. The molecule has 9 heteroatoms. The van der Waals surface area contributed by atoms with E-state index in [9.17, 15) is 14.4 Å². The van der Waals surface area contributed by atoms with Crippen LogP contribution < -0.4 is 30.4 Å². The molecular weight excluding hydrogens is 414 g/mol. The number of aryl methyl sites for hydroxylation is 1. The van der Waals surface area contributed by atoms with Crippen molar-refractivity contribution in [2.24, 2.45) is 0 Å². The summed E-state index contributed by atoms with van der Waals surface area (Å²) < 4.78 is 16.2. The van der Waals surface area contributed by atoms with Crippen LogP contribution in [0, 0.1) is 0 Å². The largest absolute Gasteiger partial charge is 0.493 e. The third-order valence-electron chi connectivity index (χ3n) is 4.26. The van der Waals surface area contributed by atoms with Gasteiger partial charge in [-0.1, -0.05) is 25.1 Å². The van der Waals surface area contributed by atoms with E-state index in [4.69, 9.17) is 14.2 Å². The Hall–Kier alpha value is -3.75. The fourth-order valence-electron chi connectivity index (χ4n) is 2.75. The number of amides is 3. The molecule has 3 N–H and O–H groups in total. The standard InChI is InChI=1S/C23H29N3O6/c1-5-16-8-6-7-9-18(16)31-14-22(28)25-26-23(29)17-10-11-19(20(12-17)30-4)32-13-21(27)24-15(2)3/h6-12,15H,5,13-14H2,1-4H3,(H,24,27)(H,25,28)(H,26,29). The first-order valence-electron chi connectivity index (χ1n) is 10.2. The van der Waals surface area contributed by atoms with Crippen molar-refractivity contribution in [2.75, 3.05) is 20.3 Å². The molecule has 0 bridgehead atoms. The second-order valence-corrected chi connectivity index (χ2v) is 7.13. The van der Waals surface area contributed by atoms with E-state index in [0.717, 1.165) is 12.0 Å². The molecule has 0 saturated heterocycles. The summed E-state index contributed by atoms with van der Waals surface area (Å²) in [4.78, 5) is 36.1. The van der Waals surface area contributed by atoms with Gasteiger partial charge in [-0.15, -0.1) is 0 Å². The number of carbonyl (C=O) groups is 3. The number of para-hydroxylation sites is 1. The molecule has 172 valence electrons. The number of rotatable bonds is 10. The predicted octanol–water partition coefficient (Wildman–Crippen LogP) is 2.00. The Kier molecular flexibility index (Phi) is 9.34. The first-order chi connectivity index (χ1) is 15.3. The zero-order chi connectivity index (χ0) is 23.5. The molecule has 0 aliphatic heterocycles. The lowest BCUT2D eigenvalue weighted by Crippen LogP contribution is -2.43. The van der Waals surface area contributed by atoms with E-state index >= 15 is 0 Å². The summed E-state index contributed by atoms with van der Waals surface area (Å²) in [6.07, 6.45) is 0.776. The minimum absolute atomic E-state index is 0.000987. The average molecular weight is 444 g/mol. The highest BCUT2D eigenvalue weighted by Gasteiger charge is 2.14. The van der Waals surface area contributed by atoms with Crippen LogP contribution in [0.5, 0.6) is 17.2 Å². The summed E-state index contributed by atoms with van der Waals surface area (Å²) in [6.45, 7) is 5.26. The highest BCUT2D eigenvalue weighted by molar-refractivity contribution is 5.96. The normalized spacial score (nSPS) is 10.3. The molecule has 0 saturated carbocycles. The van der Waals surface area contributed by atoms with Gasteiger partial charge in [-0.05, 0) is 50.1 Å². The maximum atomic E-state index is 12.4. The van der Waals surface area contributed by atoms with Crippen LogP contribution >= 0.6 is 0 Å². The fraction of sp³-hybridized carbons (Fsp3) is 0.348. The maximum absolute atomic E-state index is 12.4. The number of nitrogens with one attached hydrogen (secondary N) is 3. The summed E-state index contributed by atoms with van der Waals surface area (Å²) in [5.74, 6) is -0.105. The van der Waals surface area contributed by atoms with Crippen LogP contribution in [0.15, 0.2) is 42.5 Å². The van der Waals surface area contributed by atoms with E-state index < -0.39 is 11.8 Å². The lowest BCUT2D eigenvalue weighted by Gasteiger charge is -2.14. The Morgan fingerprint density at radius 1 is 0.875 bits per heavy atom. The van der Waals surface area contributed by atoms with E-state index in [-0.39, 0.29) is 36.5 Å². The van der Waals surface area contributed by atoms with Gasteiger partial charge in [-0.3, -0.25) is 25.2 Å². The third-order valence-corrected chi connectivity index (χ3v) is 4.26. The lowest BCUT2D eigenvalue weighted by molar-refractivity contribution is -0.124. The zero-order valence-corrected chi connectivity index (χ0v) is 18.7. The third kappa shape index (κ3) is 7.50. The van der Waals surface area contributed by atoms with Gasteiger partial charge in [0.15, 0.2) is 24.7 Å². The van der Waals surface area contributed by atoms with Crippen LogP contribution in [0.2, 0.25) is 0 Å². The highest BCUT2D eigenvalue weighted by Crippen LogP contribution is 2.28.